The Kier molecular flexibility index (Phi) is 3.02. The zero-order valence-electron chi connectivity index (χ0n) is 7.58. The quantitative estimate of drug-likeness (QED) is 0.728. The van der Waals surface area contributed by atoms with Crippen molar-refractivity contribution >= 4 is 5.97 Å². The van der Waals surface area contributed by atoms with Crippen molar-refractivity contribution in [2.45, 2.75) is 13.0 Å². The number of nitrogens with zero attached hydrogens (tertiary/aromatic N) is 3. The standard InChI is InChI=1S/C9H9N3O2/c1-7(3-2-4-10)12-6-8(5-11-12)9(13)14/h2-3,5-7H,1H3,(H,13,14)/b3-2+. The van der Waals surface area contributed by atoms with Gasteiger partial charge in [0.1, 0.15) is 0 Å². The summed E-state index contributed by atoms with van der Waals surface area (Å²) < 4.78 is 1.48. The highest BCUT2D eigenvalue weighted by molar-refractivity contribution is 5.86. The SMILES string of the molecule is CC(/C=C/C#N)n1cc(C(=O)O)cn1. The normalized spacial score (nSPS) is 12.6. The Morgan fingerprint density at radius 2 is 2.57 bits per heavy atom. The first-order valence-corrected chi connectivity index (χ1v) is 3.99. The van der Waals surface area contributed by atoms with Crippen molar-refractivity contribution in [2.24, 2.45) is 0 Å². The minimum absolute atomic E-state index is 0.122. The van der Waals surface area contributed by atoms with Crippen LogP contribution in [0.4, 0.5) is 0 Å². The largest absolute Gasteiger partial charge is 0.478 e. The van der Waals surface area contributed by atoms with Crippen LogP contribution in [-0.2, 0) is 0 Å². The third kappa shape index (κ3) is 2.20. The van der Waals surface area contributed by atoms with Gasteiger partial charge in [-0.1, -0.05) is 0 Å². The minimum Gasteiger partial charge on any atom is -0.478 e. The van der Waals surface area contributed by atoms with Crippen molar-refractivity contribution in [2.75, 3.05) is 0 Å². The lowest BCUT2D eigenvalue weighted by Crippen LogP contribution is -2.02. The molecule has 1 aromatic rings. The summed E-state index contributed by atoms with van der Waals surface area (Å²) in [6.07, 6.45) is 5.68. The van der Waals surface area contributed by atoms with Crippen molar-refractivity contribution in [3.63, 3.8) is 0 Å². The van der Waals surface area contributed by atoms with Gasteiger partial charge >= 0.3 is 5.97 Å². The fourth-order valence-corrected chi connectivity index (χ4v) is 0.942. The van der Waals surface area contributed by atoms with E-state index in [2.05, 4.69) is 5.10 Å². The van der Waals surface area contributed by atoms with Gasteiger partial charge in [0.2, 0.25) is 0 Å². The number of aromatic carboxylic acids is 1. The van der Waals surface area contributed by atoms with E-state index >= 15 is 0 Å². The Hall–Kier alpha value is -2.09. The van der Waals surface area contributed by atoms with Crippen LogP contribution in [-0.4, -0.2) is 20.9 Å². The molecule has 5 nitrogen and oxygen atoms in total. The molecule has 1 unspecified atom stereocenters. The summed E-state index contributed by atoms with van der Waals surface area (Å²) >= 11 is 0. The Balaban J connectivity index is 2.82. The highest BCUT2D eigenvalue weighted by atomic mass is 16.4. The second-order valence-electron chi connectivity index (χ2n) is 2.74. The maximum atomic E-state index is 10.5. The van der Waals surface area contributed by atoms with E-state index in [1.165, 1.54) is 23.2 Å². The molecule has 0 amide bonds. The summed E-state index contributed by atoms with van der Waals surface area (Å²) in [6, 6.07) is 1.74. The maximum absolute atomic E-state index is 10.5. The van der Waals surface area contributed by atoms with Crippen LogP contribution >= 0.6 is 0 Å². The fraction of sp³-hybridized carbons (Fsp3) is 0.222. The Bertz CT molecular complexity index is 400. The van der Waals surface area contributed by atoms with E-state index in [1.54, 1.807) is 6.08 Å². The molecule has 0 aliphatic rings. The van der Waals surface area contributed by atoms with E-state index in [0.29, 0.717) is 0 Å². The molecular formula is C9H9N3O2. The summed E-state index contributed by atoms with van der Waals surface area (Å²) in [4.78, 5) is 10.5. The van der Waals surface area contributed by atoms with Gasteiger partial charge in [-0.3, -0.25) is 4.68 Å². The first kappa shape index (κ1) is 9.99. The average Bonchev–Trinajstić information content (AvgIpc) is 2.62. The van der Waals surface area contributed by atoms with Crippen molar-refractivity contribution in [3.8, 4) is 6.07 Å². The van der Waals surface area contributed by atoms with Gasteiger partial charge in [-0.15, -0.1) is 0 Å². The Morgan fingerprint density at radius 3 is 3.07 bits per heavy atom. The number of rotatable bonds is 3. The van der Waals surface area contributed by atoms with Gasteiger partial charge in [0.05, 0.1) is 23.9 Å². The van der Waals surface area contributed by atoms with Crippen molar-refractivity contribution in [1.82, 2.24) is 9.78 Å². The van der Waals surface area contributed by atoms with Gasteiger partial charge in [0.25, 0.3) is 0 Å². The smallest absolute Gasteiger partial charge is 0.338 e. The van der Waals surface area contributed by atoms with Gasteiger partial charge in [0.15, 0.2) is 0 Å². The van der Waals surface area contributed by atoms with Gasteiger partial charge in [0, 0.05) is 12.3 Å². The fourth-order valence-electron chi connectivity index (χ4n) is 0.942. The van der Waals surface area contributed by atoms with Crippen LogP contribution < -0.4 is 0 Å². The number of nitriles is 1. The molecular weight excluding hydrogens is 182 g/mol. The molecule has 0 spiro atoms. The molecule has 0 bridgehead atoms. The zero-order chi connectivity index (χ0) is 10.6. The first-order chi connectivity index (χ1) is 6.65. The van der Waals surface area contributed by atoms with Crippen LogP contribution in [0, 0.1) is 11.3 Å². The van der Waals surface area contributed by atoms with Crippen LogP contribution in [0.3, 0.4) is 0 Å². The van der Waals surface area contributed by atoms with Crippen molar-refractivity contribution in [1.29, 1.82) is 5.26 Å². The predicted molar refractivity (Wildman–Crippen MR) is 48.7 cm³/mol. The lowest BCUT2D eigenvalue weighted by molar-refractivity contribution is 0.0697. The highest BCUT2D eigenvalue weighted by Gasteiger charge is 2.07. The topological polar surface area (TPSA) is 78.9 Å². The van der Waals surface area contributed by atoms with E-state index in [9.17, 15) is 4.79 Å². The number of carboxylic acid groups (broad SMARTS) is 1. The van der Waals surface area contributed by atoms with Gasteiger partial charge in [-0.2, -0.15) is 10.4 Å². The molecule has 1 rings (SSSR count). The summed E-state index contributed by atoms with van der Waals surface area (Å²) in [5.74, 6) is -1.01. The lowest BCUT2D eigenvalue weighted by atomic mass is 10.3. The third-order valence-corrected chi connectivity index (χ3v) is 1.72. The molecule has 1 heterocycles. The molecule has 14 heavy (non-hydrogen) atoms. The predicted octanol–water partition coefficient (Wildman–Crippen LogP) is 1.22. The van der Waals surface area contributed by atoms with Crippen molar-refractivity contribution < 1.29 is 9.90 Å². The first-order valence-electron chi connectivity index (χ1n) is 3.99. The molecule has 0 fully saturated rings. The van der Waals surface area contributed by atoms with Gasteiger partial charge in [-0.05, 0) is 13.0 Å². The second-order valence-corrected chi connectivity index (χ2v) is 2.74. The Morgan fingerprint density at radius 1 is 1.86 bits per heavy atom. The van der Waals surface area contributed by atoms with Gasteiger partial charge in [-0.25, -0.2) is 4.79 Å². The molecule has 0 aliphatic heterocycles. The summed E-state index contributed by atoms with van der Waals surface area (Å²) in [7, 11) is 0. The van der Waals surface area contributed by atoms with E-state index in [-0.39, 0.29) is 11.6 Å². The van der Waals surface area contributed by atoms with E-state index in [1.807, 2.05) is 13.0 Å². The van der Waals surface area contributed by atoms with E-state index in [0.717, 1.165) is 0 Å². The van der Waals surface area contributed by atoms with Crippen LogP contribution in [0.1, 0.15) is 23.3 Å². The molecule has 1 atom stereocenters. The average molecular weight is 191 g/mol. The van der Waals surface area contributed by atoms with Crippen molar-refractivity contribution in [3.05, 3.63) is 30.1 Å². The number of hydrogen-bond donors (Lipinski definition) is 1. The summed E-state index contributed by atoms with van der Waals surface area (Å²) in [6.45, 7) is 1.81. The summed E-state index contributed by atoms with van der Waals surface area (Å²) in [5, 5.41) is 20.8. The number of aromatic nitrogens is 2. The third-order valence-electron chi connectivity index (χ3n) is 1.72. The molecule has 1 N–H and O–H groups in total. The van der Waals surface area contributed by atoms with Gasteiger partial charge < -0.3 is 5.11 Å². The van der Waals surface area contributed by atoms with Crippen LogP contribution in [0.25, 0.3) is 0 Å². The molecule has 0 saturated heterocycles. The molecule has 0 aromatic carbocycles. The molecule has 0 saturated carbocycles. The number of carboxylic acids is 1. The molecule has 0 aliphatic carbocycles. The van der Waals surface area contributed by atoms with Crippen LogP contribution in [0.2, 0.25) is 0 Å². The Labute approximate surface area is 80.9 Å². The number of carbonyl (C=O) groups is 1. The van der Waals surface area contributed by atoms with E-state index in [4.69, 9.17) is 10.4 Å². The zero-order valence-corrected chi connectivity index (χ0v) is 7.58. The monoisotopic (exact) mass is 191 g/mol. The summed E-state index contributed by atoms with van der Waals surface area (Å²) in [5.41, 5.74) is 0.141. The molecule has 72 valence electrons. The van der Waals surface area contributed by atoms with Crippen LogP contribution in [0.15, 0.2) is 24.5 Å². The molecule has 5 heteroatoms. The van der Waals surface area contributed by atoms with Crippen LogP contribution in [0.5, 0.6) is 0 Å². The second kappa shape index (κ2) is 4.23. The minimum atomic E-state index is -1.01. The highest BCUT2D eigenvalue weighted by Crippen LogP contribution is 2.07. The molecule has 1 aromatic heterocycles. The lowest BCUT2D eigenvalue weighted by Gasteiger charge is -2.04. The molecule has 0 radical (unpaired) electrons. The van der Waals surface area contributed by atoms with E-state index < -0.39 is 5.97 Å². The number of allylic oxidation sites excluding steroid dienone is 2. The number of hydrogen-bond acceptors (Lipinski definition) is 3. The maximum Gasteiger partial charge on any atom is 0.338 e.